The molecule has 1 heteroatoms. The quantitative estimate of drug-likeness (QED) is 0.224. The molecule has 0 bridgehead atoms. The topological polar surface area (TPSA) is 26.0 Å². The average Bonchev–Trinajstić information content (AvgIpc) is 2.76. The van der Waals surface area contributed by atoms with E-state index in [2.05, 4.69) is 45.0 Å². The van der Waals surface area contributed by atoms with Gasteiger partial charge in [-0.3, -0.25) is 0 Å². The van der Waals surface area contributed by atoms with Gasteiger partial charge in [0.05, 0.1) is 0 Å². The van der Waals surface area contributed by atoms with E-state index in [1.54, 1.807) is 0 Å². The molecule has 0 heterocycles. The predicted molar refractivity (Wildman–Crippen MR) is 137 cm³/mol. The average molecular weight is 414 g/mol. The summed E-state index contributed by atoms with van der Waals surface area (Å²) in [5.74, 6) is 0. The summed E-state index contributed by atoms with van der Waals surface area (Å²) in [5, 5.41) is 0. The van der Waals surface area contributed by atoms with E-state index in [-0.39, 0.29) is 0 Å². The zero-order chi connectivity index (χ0) is 21.9. The molecule has 0 aromatic heterocycles. The van der Waals surface area contributed by atoms with Crippen LogP contribution >= 0.6 is 0 Å². The number of unbranched alkanes of at least 4 members (excludes halogenated alkanes) is 15. The molecule has 0 aliphatic carbocycles. The molecule has 2 N–H and O–H groups in total. The first-order valence-corrected chi connectivity index (χ1v) is 13.1. The molecule has 0 radical (unpaired) electrons. The molecular formula is C29H51N. The molecule has 0 unspecified atom stereocenters. The first-order valence-electron chi connectivity index (χ1n) is 13.1. The van der Waals surface area contributed by atoms with Crippen LogP contribution in [0, 0.1) is 0 Å². The van der Waals surface area contributed by atoms with Crippen LogP contribution in [0.15, 0.2) is 29.8 Å². The van der Waals surface area contributed by atoms with Gasteiger partial charge in [0.25, 0.3) is 0 Å². The molecule has 0 aliphatic heterocycles. The normalized spacial score (nSPS) is 11.1. The third kappa shape index (κ3) is 13.3. The van der Waals surface area contributed by atoms with Gasteiger partial charge < -0.3 is 5.73 Å². The van der Waals surface area contributed by atoms with Crippen LogP contribution in [0.2, 0.25) is 0 Å². The Kier molecular flexibility index (Phi) is 16.8. The van der Waals surface area contributed by atoms with Gasteiger partial charge in [0.1, 0.15) is 0 Å². The summed E-state index contributed by atoms with van der Waals surface area (Å²) in [6, 6.07) is 8.84. The fourth-order valence-corrected chi connectivity index (χ4v) is 4.37. The van der Waals surface area contributed by atoms with Crippen molar-refractivity contribution >= 4 is 5.57 Å². The highest BCUT2D eigenvalue weighted by atomic mass is 14.5. The lowest BCUT2D eigenvalue weighted by molar-refractivity contribution is 0.530. The Balaban J connectivity index is 1.97. The highest BCUT2D eigenvalue weighted by molar-refractivity contribution is 5.68. The maximum Gasteiger partial charge on any atom is 0.0178 e. The second kappa shape index (κ2) is 18.7. The lowest BCUT2D eigenvalue weighted by Crippen LogP contribution is -1.96. The number of allylic oxidation sites excluding steroid dienone is 2. The minimum absolute atomic E-state index is 0.629. The molecule has 1 nitrogen and oxygen atoms in total. The van der Waals surface area contributed by atoms with E-state index in [0.717, 1.165) is 0 Å². The lowest BCUT2D eigenvalue weighted by Gasteiger charge is -2.11. The molecule has 1 aromatic rings. The fourth-order valence-electron chi connectivity index (χ4n) is 4.37. The third-order valence-electron chi connectivity index (χ3n) is 6.42. The number of hydrogen-bond donors (Lipinski definition) is 1. The second-order valence-electron chi connectivity index (χ2n) is 9.43. The number of hydrogen-bond acceptors (Lipinski definition) is 1. The van der Waals surface area contributed by atoms with Crippen LogP contribution in [-0.4, -0.2) is 0 Å². The van der Waals surface area contributed by atoms with E-state index in [9.17, 15) is 0 Å². The van der Waals surface area contributed by atoms with Crippen molar-refractivity contribution in [1.82, 2.24) is 0 Å². The Bertz CT molecular complexity index is 536. The number of rotatable bonds is 19. The first-order chi connectivity index (χ1) is 14.7. The summed E-state index contributed by atoms with van der Waals surface area (Å²) in [7, 11) is 0. The van der Waals surface area contributed by atoms with Crippen LogP contribution in [0.25, 0.3) is 5.57 Å². The molecule has 1 rings (SSSR count). The van der Waals surface area contributed by atoms with E-state index in [4.69, 9.17) is 5.73 Å². The van der Waals surface area contributed by atoms with Crippen LogP contribution in [-0.2, 0) is 6.54 Å². The van der Waals surface area contributed by atoms with Crippen LogP contribution < -0.4 is 5.73 Å². The molecule has 0 amide bonds. The molecule has 172 valence electrons. The van der Waals surface area contributed by atoms with E-state index in [0.29, 0.717) is 6.54 Å². The number of benzene rings is 1. The largest absolute Gasteiger partial charge is 0.326 e. The molecule has 30 heavy (non-hydrogen) atoms. The first kappa shape index (κ1) is 27.0. The standard InChI is InChI=1S/C29H51N/c1-4-5-6-7-8-9-10-11-12-13-14-15-16-17-18-19-20-29(26(2)3)28-23-21-27(25-30)22-24-28/h21-24H,4-20,25,30H2,1-3H3. The van der Waals surface area contributed by atoms with Crippen molar-refractivity contribution in [3.63, 3.8) is 0 Å². The molecule has 1 aromatic carbocycles. The zero-order valence-corrected chi connectivity index (χ0v) is 20.6. The Labute approximate surface area is 188 Å². The monoisotopic (exact) mass is 413 g/mol. The minimum atomic E-state index is 0.629. The van der Waals surface area contributed by atoms with Crippen LogP contribution in [0.1, 0.15) is 141 Å². The van der Waals surface area contributed by atoms with Crippen molar-refractivity contribution in [3.8, 4) is 0 Å². The Morgan fingerprint density at radius 3 is 1.37 bits per heavy atom. The zero-order valence-electron chi connectivity index (χ0n) is 20.6. The van der Waals surface area contributed by atoms with Gasteiger partial charge in [0.15, 0.2) is 0 Å². The molecule has 0 spiro atoms. The maximum atomic E-state index is 5.73. The molecule has 0 fully saturated rings. The van der Waals surface area contributed by atoms with Crippen molar-refractivity contribution in [3.05, 3.63) is 41.0 Å². The highest BCUT2D eigenvalue weighted by Gasteiger charge is 2.04. The van der Waals surface area contributed by atoms with Gasteiger partial charge in [-0.25, -0.2) is 0 Å². The molecule has 0 saturated heterocycles. The summed E-state index contributed by atoms with van der Waals surface area (Å²) in [6.45, 7) is 7.42. The minimum Gasteiger partial charge on any atom is -0.326 e. The SMILES string of the molecule is CCCCCCCCCCCCCCCCCCC(=C(C)C)c1ccc(CN)cc1. The molecule has 0 atom stereocenters. The fraction of sp³-hybridized carbons (Fsp3) is 0.724. The predicted octanol–water partition coefficient (Wildman–Crippen LogP) is 9.59. The van der Waals surface area contributed by atoms with Gasteiger partial charge in [-0.2, -0.15) is 0 Å². The van der Waals surface area contributed by atoms with E-state index < -0.39 is 0 Å². The van der Waals surface area contributed by atoms with Gasteiger partial charge in [-0.15, -0.1) is 0 Å². The van der Waals surface area contributed by atoms with Crippen LogP contribution in [0.3, 0.4) is 0 Å². The second-order valence-corrected chi connectivity index (χ2v) is 9.43. The lowest BCUT2D eigenvalue weighted by atomic mass is 9.94. The van der Waals surface area contributed by atoms with E-state index in [1.165, 1.54) is 131 Å². The summed E-state index contributed by atoms with van der Waals surface area (Å²) < 4.78 is 0. The summed E-state index contributed by atoms with van der Waals surface area (Å²) >= 11 is 0. The van der Waals surface area contributed by atoms with Crippen LogP contribution in [0.5, 0.6) is 0 Å². The van der Waals surface area contributed by atoms with Crippen LogP contribution in [0.4, 0.5) is 0 Å². The smallest absolute Gasteiger partial charge is 0.0178 e. The Morgan fingerprint density at radius 2 is 1.00 bits per heavy atom. The van der Waals surface area contributed by atoms with Crippen molar-refractivity contribution in [2.24, 2.45) is 5.73 Å². The van der Waals surface area contributed by atoms with Crippen molar-refractivity contribution in [2.75, 3.05) is 0 Å². The molecule has 0 saturated carbocycles. The molecular weight excluding hydrogens is 362 g/mol. The number of nitrogens with two attached hydrogens (primary N) is 1. The van der Waals surface area contributed by atoms with Gasteiger partial charge in [-0.1, -0.05) is 133 Å². The highest BCUT2D eigenvalue weighted by Crippen LogP contribution is 2.25. The summed E-state index contributed by atoms with van der Waals surface area (Å²) in [4.78, 5) is 0. The van der Waals surface area contributed by atoms with Gasteiger partial charge in [0.2, 0.25) is 0 Å². The third-order valence-corrected chi connectivity index (χ3v) is 6.42. The Morgan fingerprint density at radius 1 is 0.600 bits per heavy atom. The van der Waals surface area contributed by atoms with Crippen molar-refractivity contribution in [2.45, 2.75) is 136 Å². The van der Waals surface area contributed by atoms with E-state index in [1.807, 2.05) is 0 Å². The Hall–Kier alpha value is -1.08. The van der Waals surface area contributed by atoms with Gasteiger partial charge in [-0.05, 0) is 43.4 Å². The van der Waals surface area contributed by atoms with E-state index >= 15 is 0 Å². The maximum absolute atomic E-state index is 5.73. The van der Waals surface area contributed by atoms with Crippen molar-refractivity contribution < 1.29 is 0 Å². The molecule has 0 aliphatic rings. The summed E-state index contributed by atoms with van der Waals surface area (Å²) in [6.07, 6.45) is 24.1. The van der Waals surface area contributed by atoms with Gasteiger partial charge in [0, 0.05) is 6.54 Å². The van der Waals surface area contributed by atoms with Crippen molar-refractivity contribution in [1.29, 1.82) is 0 Å². The van der Waals surface area contributed by atoms with Gasteiger partial charge >= 0.3 is 0 Å². The summed E-state index contributed by atoms with van der Waals surface area (Å²) in [5.41, 5.74) is 11.3.